The van der Waals surface area contributed by atoms with Gasteiger partial charge < -0.3 is 33.6 Å². The molecule has 1 aromatic heterocycles. The molecular weight excluding hydrogens is 604 g/mol. The number of aliphatic hydroxyl groups is 2. The Morgan fingerprint density at radius 1 is 0.917 bits per heavy atom. The van der Waals surface area contributed by atoms with E-state index >= 15 is 0 Å². The van der Waals surface area contributed by atoms with Gasteiger partial charge in [-0.1, -0.05) is 62.8 Å². The lowest BCUT2D eigenvalue weighted by Crippen LogP contribution is -2.58. The number of furan rings is 1. The van der Waals surface area contributed by atoms with Crippen LogP contribution in [0.5, 0.6) is 0 Å². The van der Waals surface area contributed by atoms with Gasteiger partial charge in [0.25, 0.3) is 0 Å². The molecule has 4 aliphatic carbocycles. The third kappa shape index (κ3) is 5.67. The first-order chi connectivity index (χ1) is 23.0. The molecule has 7 nitrogen and oxygen atoms in total. The van der Waals surface area contributed by atoms with Crippen LogP contribution in [-0.4, -0.2) is 59.9 Å². The van der Waals surface area contributed by atoms with Crippen LogP contribution < -0.4 is 0 Å². The normalized spacial score (nSPS) is 38.9. The summed E-state index contributed by atoms with van der Waals surface area (Å²) in [5, 5.41) is 25.1. The lowest BCUT2D eigenvalue weighted by atomic mass is 9.49. The van der Waals surface area contributed by atoms with E-state index in [4.69, 9.17) is 23.4 Å². The van der Waals surface area contributed by atoms with E-state index in [1.165, 1.54) is 16.7 Å². The fourth-order valence-electron chi connectivity index (χ4n) is 10.4. The highest BCUT2D eigenvalue weighted by Gasteiger charge is 2.64. The zero-order valence-electron chi connectivity index (χ0n) is 29.0. The molecule has 2 aliphatic heterocycles. The van der Waals surface area contributed by atoms with E-state index in [0.29, 0.717) is 44.5 Å². The number of ether oxygens (including phenoxy) is 4. The molecule has 3 saturated carbocycles. The van der Waals surface area contributed by atoms with Crippen LogP contribution in [-0.2, 0) is 18.9 Å². The van der Waals surface area contributed by atoms with Gasteiger partial charge in [0.05, 0.1) is 43.5 Å². The molecule has 2 saturated heterocycles. The Bertz CT molecular complexity index is 1510. The summed E-state index contributed by atoms with van der Waals surface area (Å²) in [4.78, 5) is 0. The predicted molar refractivity (Wildman–Crippen MR) is 183 cm³/mol. The molecule has 5 fully saturated rings. The minimum atomic E-state index is -0.943. The molecule has 7 atom stereocenters. The third-order valence-electron chi connectivity index (χ3n) is 13.2. The highest BCUT2D eigenvalue weighted by molar-refractivity contribution is 5.62. The first-order valence-corrected chi connectivity index (χ1v) is 18.5. The Kier molecular flexibility index (Phi) is 8.37. The molecule has 6 aliphatic rings. The quantitative estimate of drug-likeness (QED) is 0.304. The van der Waals surface area contributed by atoms with Gasteiger partial charge in [-0.3, -0.25) is 0 Å². The average Bonchev–Trinajstić information content (AvgIpc) is 3.71. The number of allylic oxidation sites excluding steroid dienone is 1. The summed E-state index contributed by atoms with van der Waals surface area (Å²) in [5.74, 6) is 0.0348. The Morgan fingerprint density at radius 3 is 2.46 bits per heavy atom. The van der Waals surface area contributed by atoms with Gasteiger partial charge in [-0.15, -0.1) is 0 Å². The highest BCUT2D eigenvalue weighted by Crippen LogP contribution is 2.68. The van der Waals surface area contributed by atoms with Crippen LogP contribution >= 0.6 is 0 Å². The minimum absolute atomic E-state index is 0.0185. The fraction of sp³-hybridized carbons (Fsp3) is 0.659. The van der Waals surface area contributed by atoms with Crippen molar-refractivity contribution in [2.75, 3.05) is 26.4 Å². The van der Waals surface area contributed by atoms with Crippen molar-refractivity contribution in [1.82, 2.24) is 0 Å². The van der Waals surface area contributed by atoms with Crippen molar-refractivity contribution >= 4 is 0 Å². The Balaban J connectivity index is 1.13. The maximum absolute atomic E-state index is 12.6. The molecule has 1 spiro atoms. The minimum Gasteiger partial charge on any atom is -0.472 e. The van der Waals surface area contributed by atoms with Gasteiger partial charge in [0.2, 0.25) is 0 Å². The van der Waals surface area contributed by atoms with E-state index in [1.54, 1.807) is 12.5 Å². The number of fused-ring (bicyclic) bond motifs is 4. The van der Waals surface area contributed by atoms with Crippen LogP contribution in [0.3, 0.4) is 0 Å². The summed E-state index contributed by atoms with van der Waals surface area (Å²) in [7, 11) is 0. The summed E-state index contributed by atoms with van der Waals surface area (Å²) < 4.78 is 30.1. The topological polar surface area (TPSA) is 90.5 Å². The van der Waals surface area contributed by atoms with Crippen molar-refractivity contribution in [2.24, 2.45) is 22.7 Å². The molecule has 8 rings (SSSR count). The van der Waals surface area contributed by atoms with Gasteiger partial charge in [0, 0.05) is 41.8 Å². The first-order valence-electron chi connectivity index (χ1n) is 18.5. The van der Waals surface area contributed by atoms with Crippen LogP contribution in [0.2, 0.25) is 0 Å². The van der Waals surface area contributed by atoms with Crippen LogP contribution in [0.15, 0.2) is 70.6 Å². The Hall–Kier alpha value is -2.26. The summed E-state index contributed by atoms with van der Waals surface area (Å²) in [5.41, 5.74) is 3.88. The van der Waals surface area contributed by atoms with Gasteiger partial charge in [0.1, 0.15) is 0 Å². The van der Waals surface area contributed by atoms with E-state index in [9.17, 15) is 10.2 Å². The van der Waals surface area contributed by atoms with E-state index < -0.39 is 17.0 Å². The molecule has 0 bridgehead atoms. The average molecular weight is 659 g/mol. The van der Waals surface area contributed by atoms with Gasteiger partial charge in [-0.05, 0) is 92.4 Å². The summed E-state index contributed by atoms with van der Waals surface area (Å²) >= 11 is 0. The van der Waals surface area contributed by atoms with Crippen LogP contribution in [0.25, 0.3) is 11.1 Å². The summed E-state index contributed by atoms with van der Waals surface area (Å²) in [6.07, 6.45) is 16.8. The van der Waals surface area contributed by atoms with Crippen molar-refractivity contribution in [3.8, 4) is 11.1 Å². The number of hydrogen-bond acceptors (Lipinski definition) is 7. The van der Waals surface area contributed by atoms with Crippen LogP contribution in [0.4, 0.5) is 0 Å². The zero-order valence-corrected chi connectivity index (χ0v) is 29.0. The molecular formula is C41H54O7. The van der Waals surface area contributed by atoms with E-state index in [-0.39, 0.29) is 23.0 Å². The van der Waals surface area contributed by atoms with Gasteiger partial charge in [0.15, 0.2) is 12.1 Å². The van der Waals surface area contributed by atoms with E-state index in [0.717, 1.165) is 75.5 Å². The Morgan fingerprint density at radius 2 is 1.73 bits per heavy atom. The van der Waals surface area contributed by atoms with E-state index in [2.05, 4.69) is 51.1 Å². The Labute approximate surface area is 285 Å². The second kappa shape index (κ2) is 12.2. The lowest BCUT2D eigenvalue weighted by molar-refractivity contribution is -0.322. The molecule has 2 N–H and O–H groups in total. The second-order valence-electron chi connectivity index (χ2n) is 16.8. The number of hydrogen-bond donors (Lipinski definition) is 2. The monoisotopic (exact) mass is 658 g/mol. The maximum Gasteiger partial charge on any atom is 0.171 e. The van der Waals surface area contributed by atoms with Gasteiger partial charge >= 0.3 is 0 Å². The molecule has 0 radical (unpaired) electrons. The number of benzene rings is 1. The van der Waals surface area contributed by atoms with Crippen LogP contribution in [0.1, 0.15) is 103 Å². The summed E-state index contributed by atoms with van der Waals surface area (Å²) in [6, 6.07) is 10.9. The zero-order chi connectivity index (χ0) is 33.2. The van der Waals surface area contributed by atoms with Crippen molar-refractivity contribution in [1.29, 1.82) is 0 Å². The van der Waals surface area contributed by atoms with Crippen molar-refractivity contribution in [3.63, 3.8) is 0 Å². The lowest BCUT2D eigenvalue weighted by Gasteiger charge is -2.58. The maximum atomic E-state index is 12.6. The largest absolute Gasteiger partial charge is 0.472 e. The van der Waals surface area contributed by atoms with Crippen molar-refractivity contribution < 1.29 is 33.6 Å². The van der Waals surface area contributed by atoms with Gasteiger partial charge in [-0.2, -0.15) is 0 Å². The predicted octanol–water partition coefficient (Wildman–Crippen LogP) is 8.07. The molecule has 0 amide bonds. The molecule has 48 heavy (non-hydrogen) atoms. The molecule has 7 heteroatoms. The number of rotatable bonds is 6. The molecule has 2 aromatic rings. The smallest absolute Gasteiger partial charge is 0.171 e. The molecule has 1 unspecified atom stereocenters. The molecule has 1 aromatic carbocycles. The van der Waals surface area contributed by atoms with E-state index in [1.807, 2.05) is 12.1 Å². The van der Waals surface area contributed by atoms with Crippen molar-refractivity contribution in [3.05, 3.63) is 71.7 Å². The standard InChI is InChI=1S/C41H54O7/c1-37(2)26-47-41(48-27-37)19-14-34-36-31(12-17-39(34,42)25-41)33-13-18-40(43,16-6-21-46-35-7-4-5-20-45-35)38(33,3)23-32(36)29-10-8-28(9-11-29)30-15-22-44-24-30/h6,8-11,15-16,22,24,31-33,35,42-43H,4-5,7,12-14,17-21,23,25-27H2,1-3H3/b16-6-/t31-,32+,33-,35?,38-,39+,40-/m0/s1. The molecule has 3 heterocycles. The fourth-order valence-corrected chi connectivity index (χ4v) is 10.4. The third-order valence-corrected chi connectivity index (χ3v) is 13.2. The van der Waals surface area contributed by atoms with Crippen molar-refractivity contribution in [2.45, 2.75) is 121 Å². The highest BCUT2D eigenvalue weighted by atomic mass is 16.7. The first kappa shape index (κ1) is 32.9. The van der Waals surface area contributed by atoms with Crippen LogP contribution in [0, 0.1) is 22.7 Å². The molecule has 260 valence electrons. The SMILES string of the molecule is CC1(C)COC2(CCC3=C4[C@@H](CC[C@@]3(O)C2)[C@@H]2CC[C@@](O)(/C=C\COC3CCCCO3)[C@@]2(C)C[C@@H]4c2ccc(-c3ccoc3)cc2)OC1. The summed E-state index contributed by atoms with van der Waals surface area (Å²) in [6.45, 7) is 9.18. The van der Waals surface area contributed by atoms with Gasteiger partial charge in [-0.25, -0.2) is 0 Å². The second-order valence-corrected chi connectivity index (χ2v) is 16.8.